The second kappa shape index (κ2) is 9.09. The molecule has 2 fully saturated rings. The number of hydrogen-bond donors (Lipinski definition) is 1. The van der Waals surface area contributed by atoms with Crippen LogP contribution in [-0.4, -0.2) is 30.7 Å². The van der Waals surface area contributed by atoms with Gasteiger partial charge in [0.05, 0.1) is 19.3 Å². The first-order valence-electron chi connectivity index (χ1n) is 10.3. The van der Waals surface area contributed by atoms with Gasteiger partial charge in [-0.1, -0.05) is 19.8 Å². The van der Waals surface area contributed by atoms with Crippen LogP contribution >= 0.6 is 0 Å². The molecule has 1 aromatic carbocycles. The smallest absolute Gasteiger partial charge is 0.200 e. The molecular weight excluding hydrogens is 328 g/mol. The second-order valence-electron chi connectivity index (χ2n) is 8.01. The molecule has 0 amide bonds. The van der Waals surface area contributed by atoms with E-state index in [2.05, 4.69) is 13.8 Å². The van der Waals surface area contributed by atoms with Gasteiger partial charge in [-0.25, -0.2) is 0 Å². The van der Waals surface area contributed by atoms with Gasteiger partial charge >= 0.3 is 0 Å². The topological polar surface area (TPSA) is 47.9 Å². The largest absolute Gasteiger partial charge is 0.494 e. The molecular formula is C22H34O4. The van der Waals surface area contributed by atoms with Crippen molar-refractivity contribution in [1.82, 2.24) is 0 Å². The fourth-order valence-electron chi connectivity index (χ4n) is 4.71. The predicted molar refractivity (Wildman–Crippen MR) is 102 cm³/mol. The molecule has 1 heterocycles. The molecule has 1 saturated heterocycles. The Morgan fingerprint density at radius 3 is 2.58 bits per heavy atom. The van der Waals surface area contributed by atoms with E-state index in [1.165, 1.54) is 19.3 Å². The maximum atomic E-state index is 10.7. The lowest BCUT2D eigenvalue weighted by Crippen LogP contribution is -2.40. The standard InChI is InChI=1S/C22H34O4/c1-4-24-18-10-12-19(13-11-18)26-22(23)16(3)20-7-5-6-17-9-8-15(2)25-14-21(17)20/h10-13,15-17,20-23H,4-9,14H2,1-3H3. The molecule has 0 bridgehead atoms. The van der Waals surface area contributed by atoms with Crippen LogP contribution in [0.2, 0.25) is 0 Å². The third-order valence-electron chi connectivity index (χ3n) is 6.30. The highest BCUT2D eigenvalue weighted by molar-refractivity contribution is 5.31. The van der Waals surface area contributed by atoms with Crippen molar-refractivity contribution in [3.05, 3.63) is 24.3 Å². The van der Waals surface area contributed by atoms with Crippen molar-refractivity contribution in [3.8, 4) is 11.5 Å². The lowest BCUT2D eigenvalue weighted by molar-refractivity contribution is -0.0998. The van der Waals surface area contributed by atoms with Gasteiger partial charge in [0.2, 0.25) is 0 Å². The third kappa shape index (κ3) is 4.72. The first-order valence-corrected chi connectivity index (χ1v) is 10.3. The van der Waals surface area contributed by atoms with Gasteiger partial charge in [-0.05, 0) is 75.1 Å². The van der Waals surface area contributed by atoms with Crippen LogP contribution in [0.3, 0.4) is 0 Å². The highest BCUT2D eigenvalue weighted by Gasteiger charge is 2.40. The summed E-state index contributed by atoms with van der Waals surface area (Å²) in [6.07, 6.45) is 5.70. The maximum Gasteiger partial charge on any atom is 0.200 e. The molecule has 1 aliphatic heterocycles. The zero-order valence-corrected chi connectivity index (χ0v) is 16.4. The molecule has 0 radical (unpaired) electrons. The minimum Gasteiger partial charge on any atom is -0.494 e. The van der Waals surface area contributed by atoms with Crippen molar-refractivity contribution in [1.29, 1.82) is 0 Å². The first kappa shape index (κ1) is 19.5. The van der Waals surface area contributed by atoms with Crippen LogP contribution in [0.4, 0.5) is 0 Å². The van der Waals surface area contributed by atoms with Crippen LogP contribution in [0, 0.1) is 23.7 Å². The summed E-state index contributed by atoms with van der Waals surface area (Å²) in [5, 5.41) is 10.7. The Labute approximate surface area is 157 Å². The third-order valence-corrected chi connectivity index (χ3v) is 6.30. The number of benzene rings is 1. The van der Waals surface area contributed by atoms with Crippen LogP contribution in [0.15, 0.2) is 24.3 Å². The van der Waals surface area contributed by atoms with Crippen molar-refractivity contribution >= 4 is 0 Å². The van der Waals surface area contributed by atoms with Gasteiger partial charge < -0.3 is 19.3 Å². The van der Waals surface area contributed by atoms with Gasteiger partial charge in [0, 0.05) is 5.92 Å². The average Bonchev–Trinajstić information content (AvgIpc) is 2.84. The van der Waals surface area contributed by atoms with Gasteiger partial charge in [0.25, 0.3) is 0 Å². The Morgan fingerprint density at radius 1 is 1.12 bits per heavy atom. The Hall–Kier alpha value is -1.26. The fourth-order valence-corrected chi connectivity index (χ4v) is 4.71. The molecule has 26 heavy (non-hydrogen) atoms. The molecule has 0 aromatic heterocycles. The quantitative estimate of drug-likeness (QED) is 0.748. The highest BCUT2D eigenvalue weighted by Crippen LogP contribution is 2.44. The molecule has 3 rings (SSSR count). The van der Waals surface area contributed by atoms with E-state index in [-0.39, 0.29) is 5.92 Å². The summed E-state index contributed by atoms with van der Waals surface area (Å²) in [6, 6.07) is 7.49. The van der Waals surface area contributed by atoms with Gasteiger partial charge in [-0.15, -0.1) is 0 Å². The molecule has 1 aliphatic carbocycles. The van der Waals surface area contributed by atoms with Gasteiger partial charge in [0.1, 0.15) is 11.5 Å². The van der Waals surface area contributed by atoms with Crippen LogP contribution in [-0.2, 0) is 4.74 Å². The highest BCUT2D eigenvalue weighted by atomic mass is 16.6. The van der Waals surface area contributed by atoms with E-state index >= 15 is 0 Å². The molecule has 6 unspecified atom stereocenters. The van der Waals surface area contributed by atoms with Crippen molar-refractivity contribution in [2.75, 3.05) is 13.2 Å². The van der Waals surface area contributed by atoms with Gasteiger partial charge in [0.15, 0.2) is 6.29 Å². The number of aliphatic hydroxyl groups is 1. The van der Waals surface area contributed by atoms with Gasteiger partial charge in [-0.3, -0.25) is 0 Å². The second-order valence-corrected chi connectivity index (χ2v) is 8.01. The van der Waals surface area contributed by atoms with Crippen molar-refractivity contribution in [2.45, 2.75) is 65.3 Å². The summed E-state index contributed by atoms with van der Waals surface area (Å²) < 4.78 is 17.4. The van der Waals surface area contributed by atoms with E-state index in [1.807, 2.05) is 31.2 Å². The molecule has 1 aromatic rings. The summed E-state index contributed by atoms with van der Waals surface area (Å²) in [6.45, 7) is 7.74. The van der Waals surface area contributed by atoms with Crippen LogP contribution in [0.5, 0.6) is 11.5 Å². The van der Waals surface area contributed by atoms with Crippen LogP contribution in [0.1, 0.15) is 52.9 Å². The minimum absolute atomic E-state index is 0.0892. The number of ether oxygens (including phenoxy) is 3. The summed E-state index contributed by atoms with van der Waals surface area (Å²) in [5.74, 6) is 3.33. The Kier molecular flexibility index (Phi) is 6.82. The monoisotopic (exact) mass is 362 g/mol. The summed E-state index contributed by atoms with van der Waals surface area (Å²) in [4.78, 5) is 0. The van der Waals surface area contributed by atoms with Crippen LogP contribution in [0.25, 0.3) is 0 Å². The Morgan fingerprint density at radius 2 is 1.85 bits per heavy atom. The summed E-state index contributed by atoms with van der Waals surface area (Å²) in [5.41, 5.74) is 0. The van der Waals surface area contributed by atoms with Crippen molar-refractivity contribution < 1.29 is 19.3 Å². The zero-order chi connectivity index (χ0) is 18.5. The van der Waals surface area contributed by atoms with E-state index in [1.54, 1.807) is 0 Å². The van der Waals surface area contributed by atoms with E-state index < -0.39 is 6.29 Å². The lowest BCUT2D eigenvalue weighted by atomic mass is 9.66. The SMILES string of the molecule is CCOc1ccc(OC(O)C(C)C2CCCC3CCC(C)OCC32)cc1. The lowest BCUT2D eigenvalue weighted by Gasteiger charge is -2.41. The molecule has 1 saturated carbocycles. The van der Waals surface area contributed by atoms with E-state index in [0.29, 0.717) is 30.3 Å². The number of rotatable bonds is 6. The first-order chi connectivity index (χ1) is 12.6. The maximum absolute atomic E-state index is 10.7. The normalized spacial score (nSPS) is 31.4. The molecule has 0 spiro atoms. The number of fused-ring (bicyclic) bond motifs is 1. The molecule has 6 atom stereocenters. The minimum atomic E-state index is -0.794. The summed E-state index contributed by atoms with van der Waals surface area (Å²) in [7, 11) is 0. The number of aliphatic hydroxyl groups excluding tert-OH is 1. The van der Waals surface area contributed by atoms with Gasteiger partial charge in [-0.2, -0.15) is 0 Å². The molecule has 2 aliphatic rings. The fraction of sp³-hybridized carbons (Fsp3) is 0.727. The Bertz CT molecular complexity index is 544. The van der Waals surface area contributed by atoms with Crippen LogP contribution < -0.4 is 9.47 Å². The predicted octanol–water partition coefficient (Wildman–Crippen LogP) is 4.65. The van der Waals surface area contributed by atoms with Crippen molar-refractivity contribution in [2.24, 2.45) is 23.7 Å². The number of hydrogen-bond acceptors (Lipinski definition) is 4. The van der Waals surface area contributed by atoms with Crippen molar-refractivity contribution in [3.63, 3.8) is 0 Å². The zero-order valence-electron chi connectivity index (χ0n) is 16.4. The molecule has 4 nitrogen and oxygen atoms in total. The van der Waals surface area contributed by atoms with E-state index in [4.69, 9.17) is 14.2 Å². The van der Waals surface area contributed by atoms with E-state index in [0.717, 1.165) is 31.1 Å². The summed E-state index contributed by atoms with van der Waals surface area (Å²) >= 11 is 0. The average molecular weight is 363 g/mol. The molecule has 4 heteroatoms. The molecule has 146 valence electrons. The Balaban J connectivity index is 1.62. The van der Waals surface area contributed by atoms with E-state index in [9.17, 15) is 5.11 Å². The molecule has 1 N–H and O–H groups in total.